The Labute approximate surface area is 170 Å². The molecule has 0 bridgehead atoms. The lowest BCUT2D eigenvalue weighted by molar-refractivity contribution is -0.124. The quantitative estimate of drug-likeness (QED) is 0.794. The molecule has 1 aliphatic heterocycles. The topological polar surface area (TPSA) is 93.2 Å². The number of urea groups is 1. The number of hydrogen-bond acceptors (Lipinski definition) is 3. The third kappa shape index (κ3) is 3.66. The number of aromatic nitrogens is 2. The first-order chi connectivity index (χ1) is 13.6. The van der Waals surface area contributed by atoms with Gasteiger partial charge < -0.3 is 16.0 Å². The van der Waals surface area contributed by atoms with Crippen molar-refractivity contribution in [2.45, 2.75) is 44.3 Å². The van der Waals surface area contributed by atoms with Gasteiger partial charge in [0.25, 0.3) is 11.8 Å². The summed E-state index contributed by atoms with van der Waals surface area (Å²) >= 11 is 6.05. The van der Waals surface area contributed by atoms with Crippen LogP contribution in [0.4, 0.5) is 13.6 Å². The van der Waals surface area contributed by atoms with Crippen LogP contribution < -0.4 is 11.1 Å². The predicted octanol–water partition coefficient (Wildman–Crippen LogP) is 3.02. The van der Waals surface area contributed by atoms with Crippen molar-refractivity contribution in [1.29, 1.82) is 0 Å². The summed E-state index contributed by atoms with van der Waals surface area (Å²) in [5, 5.41) is 7.68. The average molecular weight is 424 g/mol. The van der Waals surface area contributed by atoms with E-state index >= 15 is 0 Å². The summed E-state index contributed by atoms with van der Waals surface area (Å²) in [5.41, 5.74) is 6.47. The van der Waals surface area contributed by atoms with Crippen molar-refractivity contribution in [3.63, 3.8) is 0 Å². The second kappa shape index (κ2) is 6.69. The number of carbonyl (C=O) groups is 2. The molecule has 3 amide bonds. The summed E-state index contributed by atoms with van der Waals surface area (Å²) < 4.78 is 28.1. The zero-order chi connectivity index (χ0) is 21.0. The van der Waals surface area contributed by atoms with Gasteiger partial charge >= 0.3 is 6.03 Å². The number of alkyl halides is 2. The van der Waals surface area contributed by atoms with Crippen LogP contribution in [0.2, 0.25) is 5.02 Å². The monoisotopic (exact) mass is 423 g/mol. The van der Waals surface area contributed by atoms with E-state index in [1.807, 2.05) is 0 Å². The molecule has 4 rings (SSSR count). The molecule has 2 heterocycles. The van der Waals surface area contributed by atoms with Gasteiger partial charge in [-0.15, -0.1) is 0 Å². The first kappa shape index (κ1) is 19.6. The van der Waals surface area contributed by atoms with Crippen LogP contribution in [0.3, 0.4) is 0 Å². The smallest absolute Gasteiger partial charge is 0.318 e. The fourth-order valence-electron chi connectivity index (χ4n) is 4.10. The highest BCUT2D eigenvalue weighted by Crippen LogP contribution is 2.45. The molecular weight excluding hydrogens is 404 g/mol. The molecule has 1 saturated carbocycles. The lowest BCUT2D eigenvalue weighted by Gasteiger charge is -2.46. The molecule has 1 aliphatic carbocycles. The SMILES string of the molecule is CC1(NC(=O)N2CCn3nc(-c4cccc(Cl)c4)c(C(N)=O)c3C2)CC(F)(F)C1. The second-order valence-electron chi connectivity index (χ2n) is 7.89. The standard InChI is InChI=1S/C19H20ClF2N5O2/c1-18(9-19(21,22)10-18)24-17(29)26-5-6-27-13(8-26)14(16(23)28)15(25-27)11-3-2-4-12(20)7-11/h2-4,7H,5-6,8-10H2,1H3,(H2,23,28)(H,24,29). The Morgan fingerprint density at radius 1 is 1.28 bits per heavy atom. The molecule has 0 spiro atoms. The Morgan fingerprint density at radius 3 is 2.62 bits per heavy atom. The largest absolute Gasteiger partial charge is 0.365 e. The van der Waals surface area contributed by atoms with E-state index in [0.29, 0.717) is 35.1 Å². The molecule has 0 saturated heterocycles. The number of hydrogen-bond donors (Lipinski definition) is 2. The third-order valence-corrected chi connectivity index (χ3v) is 5.55. The van der Waals surface area contributed by atoms with Crippen molar-refractivity contribution in [2.24, 2.45) is 5.73 Å². The molecule has 2 aliphatic rings. The molecule has 29 heavy (non-hydrogen) atoms. The molecular formula is C19H20ClF2N5O2. The van der Waals surface area contributed by atoms with Gasteiger partial charge in [0.1, 0.15) is 5.69 Å². The fraction of sp³-hybridized carbons (Fsp3) is 0.421. The van der Waals surface area contributed by atoms with Crippen molar-refractivity contribution in [3.8, 4) is 11.3 Å². The number of nitrogens with zero attached hydrogens (tertiary/aromatic N) is 3. The number of fused-ring (bicyclic) bond motifs is 1. The molecule has 0 radical (unpaired) electrons. The van der Waals surface area contributed by atoms with Crippen molar-refractivity contribution in [2.75, 3.05) is 6.54 Å². The van der Waals surface area contributed by atoms with Gasteiger partial charge in [-0.3, -0.25) is 9.48 Å². The Kier molecular flexibility index (Phi) is 4.53. The first-order valence-corrected chi connectivity index (χ1v) is 9.55. The van der Waals surface area contributed by atoms with E-state index < -0.39 is 23.4 Å². The Balaban J connectivity index is 1.59. The van der Waals surface area contributed by atoms with Gasteiger partial charge in [0.15, 0.2) is 0 Å². The number of benzene rings is 1. The van der Waals surface area contributed by atoms with E-state index in [4.69, 9.17) is 17.3 Å². The predicted molar refractivity (Wildman–Crippen MR) is 103 cm³/mol. The lowest BCUT2D eigenvalue weighted by Crippen LogP contribution is -2.62. The number of carbonyl (C=O) groups excluding carboxylic acids is 2. The van der Waals surface area contributed by atoms with Crippen molar-refractivity contribution < 1.29 is 18.4 Å². The minimum Gasteiger partial charge on any atom is -0.365 e. The fourth-order valence-corrected chi connectivity index (χ4v) is 4.29. The van der Waals surface area contributed by atoms with Gasteiger partial charge in [-0.1, -0.05) is 23.7 Å². The maximum Gasteiger partial charge on any atom is 0.318 e. The minimum absolute atomic E-state index is 0.101. The summed E-state index contributed by atoms with van der Waals surface area (Å²) in [7, 11) is 0. The summed E-state index contributed by atoms with van der Waals surface area (Å²) in [4.78, 5) is 26.3. The summed E-state index contributed by atoms with van der Waals surface area (Å²) in [6.45, 7) is 2.39. The van der Waals surface area contributed by atoms with Crippen molar-refractivity contribution in [1.82, 2.24) is 20.0 Å². The van der Waals surface area contributed by atoms with Crippen LogP contribution in [-0.2, 0) is 13.1 Å². The Bertz CT molecular complexity index is 998. The highest BCUT2D eigenvalue weighted by Gasteiger charge is 2.54. The second-order valence-corrected chi connectivity index (χ2v) is 8.33. The number of halogens is 3. The maximum absolute atomic E-state index is 13.2. The molecule has 3 N–H and O–H groups in total. The molecule has 10 heteroatoms. The number of nitrogens with two attached hydrogens (primary N) is 1. The van der Waals surface area contributed by atoms with E-state index in [1.54, 1.807) is 35.9 Å². The highest BCUT2D eigenvalue weighted by molar-refractivity contribution is 6.30. The molecule has 1 aromatic carbocycles. The Hall–Kier alpha value is -2.68. The van der Waals surface area contributed by atoms with Gasteiger partial charge in [0.05, 0.1) is 29.9 Å². The summed E-state index contributed by atoms with van der Waals surface area (Å²) in [6, 6.07) is 6.46. The number of rotatable bonds is 3. The first-order valence-electron chi connectivity index (χ1n) is 9.17. The molecule has 0 atom stereocenters. The van der Waals surface area contributed by atoms with Gasteiger partial charge in [0.2, 0.25) is 0 Å². The normalized spacial score (nSPS) is 19.2. The zero-order valence-corrected chi connectivity index (χ0v) is 16.5. The molecule has 7 nitrogen and oxygen atoms in total. The van der Waals surface area contributed by atoms with E-state index in [1.165, 1.54) is 4.90 Å². The van der Waals surface area contributed by atoms with Crippen LogP contribution in [0.1, 0.15) is 35.8 Å². The van der Waals surface area contributed by atoms with E-state index in [0.717, 1.165) is 0 Å². The number of primary amides is 1. The maximum atomic E-state index is 13.2. The third-order valence-electron chi connectivity index (χ3n) is 5.32. The van der Waals surface area contributed by atoms with Gasteiger partial charge in [-0.25, -0.2) is 13.6 Å². The van der Waals surface area contributed by atoms with Crippen LogP contribution in [0.25, 0.3) is 11.3 Å². The van der Waals surface area contributed by atoms with Gasteiger partial charge in [-0.05, 0) is 19.1 Å². The van der Waals surface area contributed by atoms with Crippen LogP contribution in [0.5, 0.6) is 0 Å². The Morgan fingerprint density at radius 2 is 2.00 bits per heavy atom. The molecule has 0 unspecified atom stereocenters. The summed E-state index contributed by atoms with van der Waals surface area (Å²) in [5.74, 6) is -3.40. The van der Waals surface area contributed by atoms with Crippen molar-refractivity contribution >= 4 is 23.5 Å². The van der Waals surface area contributed by atoms with Crippen LogP contribution in [0.15, 0.2) is 24.3 Å². The average Bonchev–Trinajstić information content (AvgIpc) is 2.98. The number of amides is 3. The minimum atomic E-state index is -2.74. The van der Waals surface area contributed by atoms with Gasteiger partial charge in [0, 0.05) is 30.0 Å². The van der Waals surface area contributed by atoms with E-state index in [2.05, 4.69) is 10.4 Å². The van der Waals surface area contributed by atoms with Crippen LogP contribution in [-0.4, -0.2) is 44.6 Å². The molecule has 2 aromatic rings. The number of nitrogens with one attached hydrogen (secondary N) is 1. The van der Waals surface area contributed by atoms with E-state index in [9.17, 15) is 18.4 Å². The zero-order valence-electron chi connectivity index (χ0n) is 15.7. The molecule has 1 aromatic heterocycles. The van der Waals surface area contributed by atoms with Gasteiger partial charge in [-0.2, -0.15) is 5.10 Å². The van der Waals surface area contributed by atoms with E-state index in [-0.39, 0.29) is 24.9 Å². The lowest BCUT2D eigenvalue weighted by atomic mass is 9.75. The molecule has 1 fully saturated rings. The highest BCUT2D eigenvalue weighted by atomic mass is 35.5. The summed E-state index contributed by atoms with van der Waals surface area (Å²) in [6.07, 6.45) is -0.772. The van der Waals surface area contributed by atoms with Crippen molar-refractivity contribution in [3.05, 3.63) is 40.5 Å². The van der Waals surface area contributed by atoms with Crippen LogP contribution in [0, 0.1) is 0 Å². The molecule has 154 valence electrons. The van der Waals surface area contributed by atoms with Crippen LogP contribution >= 0.6 is 11.6 Å².